The van der Waals surface area contributed by atoms with E-state index in [0.717, 1.165) is 78.5 Å². The van der Waals surface area contributed by atoms with Crippen LogP contribution in [0.5, 0.6) is 0 Å². The fourth-order valence-electron chi connectivity index (χ4n) is 6.90. The van der Waals surface area contributed by atoms with Gasteiger partial charge in [-0.25, -0.2) is 19.9 Å². The number of rotatable bonds is 7. The molecule has 9 aromatic rings. The summed E-state index contributed by atoms with van der Waals surface area (Å²) in [5.41, 5.74) is 14.0. The number of hydrogen-bond acceptors (Lipinski definition) is 5. The number of hydrogen-bond donors (Lipinski definition) is 0. The molecule has 0 bridgehead atoms. The molecular weight excluding hydrogens is 649 g/mol. The fraction of sp³-hybridized carbons (Fsp3) is 0.0426. The minimum absolute atomic E-state index is 0.604. The predicted octanol–water partition coefficient (Wildman–Crippen LogP) is 11.2. The Hall–Kier alpha value is -7.05. The molecule has 0 N–H and O–H groups in total. The Kier molecular flexibility index (Phi) is 8.18. The Labute approximate surface area is 308 Å². The smallest absolute Gasteiger partial charge is 0.164 e. The number of benzene rings is 5. The Bertz CT molecular complexity index is 2660. The summed E-state index contributed by atoms with van der Waals surface area (Å²) in [6.07, 6.45) is 2.07. The molecule has 0 spiro atoms. The van der Waals surface area contributed by atoms with Crippen molar-refractivity contribution in [1.29, 1.82) is 0 Å². The van der Waals surface area contributed by atoms with Crippen LogP contribution in [-0.2, 0) is 0 Å². The SMILES string of the molecule is Cc1ccc(-c2cc(-c3ccc(-c4nc5ccccn5c4-c4ccccc4)cc3)cc(-c3nc(-c4ccccc4)nc(-c4ccccc4)n3)c2)c(C)n1. The molecule has 4 aromatic heterocycles. The maximum absolute atomic E-state index is 5.09. The van der Waals surface area contributed by atoms with E-state index < -0.39 is 0 Å². The fourth-order valence-corrected chi connectivity index (χ4v) is 6.90. The van der Waals surface area contributed by atoms with Crippen LogP contribution in [0, 0.1) is 13.8 Å². The average molecular weight is 683 g/mol. The minimum atomic E-state index is 0.604. The molecule has 0 saturated heterocycles. The number of aromatic nitrogens is 6. The molecule has 6 heteroatoms. The summed E-state index contributed by atoms with van der Waals surface area (Å²) >= 11 is 0. The van der Waals surface area contributed by atoms with Gasteiger partial charge in [0.2, 0.25) is 0 Å². The van der Waals surface area contributed by atoms with Gasteiger partial charge in [-0.3, -0.25) is 9.38 Å². The summed E-state index contributed by atoms with van der Waals surface area (Å²) < 4.78 is 2.16. The zero-order chi connectivity index (χ0) is 35.7. The van der Waals surface area contributed by atoms with Gasteiger partial charge in [0.25, 0.3) is 0 Å². The summed E-state index contributed by atoms with van der Waals surface area (Å²) in [6, 6.07) is 56.2. The maximum atomic E-state index is 5.09. The van der Waals surface area contributed by atoms with Crippen LogP contribution >= 0.6 is 0 Å². The first-order chi connectivity index (χ1) is 26.1. The van der Waals surface area contributed by atoms with E-state index in [9.17, 15) is 0 Å². The predicted molar refractivity (Wildman–Crippen MR) is 214 cm³/mol. The molecule has 4 heterocycles. The Morgan fingerprint density at radius 2 is 0.906 bits per heavy atom. The molecule has 0 aliphatic carbocycles. The molecule has 0 atom stereocenters. The number of fused-ring (bicyclic) bond motifs is 1. The lowest BCUT2D eigenvalue weighted by Crippen LogP contribution is -2.00. The van der Waals surface area contributed by atoms with Crippen molar-refractivity contribution in [2.75, 3.05) is 0 Å². The van der Waals surface area contributed by atoms with Gasteiger partial charge < -0.3 is 0 Å². The highest BCUT2D eigenvalue weighted by Crippen LogP contribution is 2.37. The van der Waals surface area contributed by atoms with Crippen molar-refractivity contribution < 1.29 is 0 Å². The minimum Gasteiger partial charge on any atom is -0.299 e. The third-order valence-corrected chi connectivity index (χ3v) is 9.50. The normalized spacial score (nSPS) is 11.2. The van der Waals surface area contributed by atoms with Gasteiger partial charge in [0, 0.05) is 51.0 Å². The first-order valence-electron chi connectivity index (χ1n) is 17.7. The van der Waals surface area contributed by atoms with Gasteiger partial charge >= 0.3 is 0 Å². The van der Waals surface area contributed by atoms with E-state index in [1.54, 1.807) is 0 Å². The lowest BCUT2D eigenvalue weighted by atomic mass is 9.94. The van der Waals surface area contributed by atoms with E-state index in [1.807, 2.05) is 91.9 Å². The van der Waals surface area contributed by atoms with E-state index in [0.29, 0.717) is 17.5 Å². The van der Waals surface area contributed by atoms with Crippen LogP contribution in [0.2, 0.25) is 0 Å². The van der Waals surface area contributed by atoms with Crippen molar-refractivity contribution in [1.82, 2.24) is 29.3 Å². The zero-order valence-electron chi connectivity index (χ0n) is 29.3. The van der Waals surface area contributed by atoms with Gasteiger partial charge in [0.05, 0.1) is 11.4 Å². The lowest BCUT2D eigenvalue weighted by Gasteiger charge is -2.14. The standard InChI is InChI=1S/C47H34N6/c1-31-21-26-41(32(2)48-31)39-28-38(29-40(30-39)47-51-45(36-16-8-4-9-17-36)50-46(52-47)37-18-10-5-11-19-37)33-22-24-34(25-23-33)43-44(35-14-6-3-7-15-35)53-27-13-12-20-42(53)49-43/h3-30H,1-2H3. The molecule has 53 heavy (non-hydrogen) atoms. The second-order valence-electron chi connectivity index (χ2n) is 13.1. The Morgan fingerprint density at radius 3 is 1.53 bits per heavy atom. The van der Waals surface area contributed by atoms with Gasteiger partial charge in [0.15, 0.2) is 17.5 Å². The first-order valence-corrected chi connectivity index (χ1v) is 17.7. The van der Waals surface area contributed by atoms with Crippen molar-refractivity contribution in [2.24, 2.45) is 0 Å². The van der Waals surface area contributed by atoms with Gasteiger partial charge in [-0.1, -0.05) is 127 Å². The van der Waals surface area contributed by atoms with Crippen LogP contribution < -0.4 is 0 Å². The quantitative estimate of drug-likeness (QED) is 0.167. The van der Waals surface area contributed by atoms with Crippen LogP contribution in [0.3, 0.4) is 0 Å². The Morgan fingerprint density at radius 1 is 0.377 bits per heavy atom. The van der Waals surface area contributed by atoms with Gasteiger partial charge in [0.1, 0.15) is 5.65 Å². The van der Waals surface area contributed by atoms with E-state index in [1.165, 1.54) is 0 Å². The van der Waals surface area contributed by atoms with E-state index in [-0.39, 0.29) is 0 Å². The van der Waals surface area contributed by atoms with Crippen LogP contribution in [-0.4, -0.2) is 29.3 Å². The molecule has 6 nitrogen and oxygen atoms in total. The summed E-state index contributed by atoms with van der Waals surface area (Å²) in [5, 5.41) is 0. The second kappa shape index (κ2) is 13.6. The van der Waals surface area contributed by atoms with Crippen LogP contribution in [0.25, 0.3) is 84.6 Å². The molecule has 5 aromatic carbocycles. The van der Waals surface area contributed by atoms with Crippen molar-refractivity contribution >= 4 is 5.65 Å². The topological polar surface area (TPSA) is 68.9 Å². The van der Waals surface area contributed by atoms with E-state index >= 15 is 0 Å². The second-order valence-corrected chi connectivity index (χ2v) is 13.1. The van der Waals surface area contributed by atoms with Gasteiger partial charge in [-0.2, -0.15) is 0 Å². The van der Waals surface area contributed by atoms with Crippen molar-refractivity contribution in [3.05, 3.63) is 181 Å². The third kappa shape index (κ3) is 6.28. The Balaban J connectivity index is 1.20. The highest BCUT2D eigenvalue weighted by atomic mass is 15.0. The molecule has 252 valence electrons. The van der Waals surface area contributed by atoms with Gasteiger partial charge in [-0.05, 0) is 66.9 Å². The van der Waals surface area contributed by atoms with Crippen LogP contribution in [0.1, 0.15) is 11.4 Å². The molecule has 0 aliphatic rings. The monoisotopic (exact) mass is 682 g/mol. The number of imidazole rings is 1. The molecular formula is C47H34N6. The van der Waals surface area contributed by atoms with Crippen LogP contribution in [0.4, 0.5) is 0 Å². The van der Waals surface area contributed by atoms with Crippen molar-refractivity contribution in [3.63, 3.8) is 0 Å². The summed E-state index contributed by atoms with van der Waals surface area (Å²) in [7, 11) is 0. The number of nitrogens with zero attached hydrogens (tertiary/aromatic N) is 6. The molecule has 9 rings (SSSR count). The number of pyridine rings is 2. The zero-order valence-corrected chi connectivity index (χ0v) is 29.3. The average Bonchev–Trinajstić information content (AvgIpc) is 3.61. The number of aryl methyl sites for hydroxylation is 2. The summed E-state index contributed by atoms with van der Waals surface area (Å²) in [4.78, 5) is 25.0. The summed E-state index contributed by atoms with van der Waals surface area (Å²) in [6.45, 7) is 4.08. The highest BCUT2D eigenvalue weighted by Gasteiger charge is 2.18. The molecule has 0 radical (unpaired) electrons. The largest absolute Gasteiger partial charge is 0.299 e. The van der Waals surface area contributed by atoms with Crippen molar-refractivity contribution in [2.45, 2.75) is 13.8 Å². The maximum Gasteiger partial charge on any atom is 0.164 e. The van der Waals surface area contributed by atoms with E-state index in [2.05, 4.69) is 96.4 Å². The first kappa shape index (κ1) is 31.9. The van der Waals surface area contributed by atoms with Gasteiger partial charge in [-0.15, -0.1) is 0 Å². The highest BCUT2D eigenvalue weighted by molar-refractivity contribution is 5.85. The summed E-state index contributed by atoms with van der Waals surface area (Å²) in [5.74, 6) is 1.86. The third-order valence-electron chi connectivity index (χ3n) is 9.50. The molecule has 0 amide bonds. The van der Waals surface area contributed by atoms with Crippen molar-refractivity contribution in [3.8, 4) is 78.9 Å². The molecule has 0 aliphatic heterocycles. The molecule has 0 saturated carbocycles. The van der Waals surface area contributed by atoms with Crippen LogP contribution in [0.15, 0.2) is 170 Å². The molecule has 0 fully saturated rings. The van der Waals surface area contributed by atoms with E-state index in [4.69, 9.17) is 24.9 Å². The molecule has 0 unspecified atom stereocenters. The lowest BCUT2D eigenvalue weighted by molar-refractivity contribution is 1.07.